The zero-order chi connectivity index (χ0) is 32.3. The van der Waals surface area contributed by atoms with Crippen molar-refractivity contribution in [3.63, 3.8) is 0 Å². The van der Waals surface area contributed by atoms with Gasteiger partial charge in [-0.3, -0.25) is 4.79 Å². The van der Waals surface area contributed by atoms with Gasteiger partial charge in [0.25, 0.3) is 12.1 Å². The first-order valence-corrected chi connectivity index (χ1v) is 12.8. The molecule has 0 spiro atoms. The van der Waals surface area contributed by atoms with E-state index in [1.807, 2.05) is 0 Å². The summed E-state index contributed by atoms with van der Waals surface area (Å²) in [6.45, 7) is 0. The van der Waals surface area contributed by atoms with Gasteiger partial charge in [-0.2, -0.15) is 27.1 Å². The van der Waals surface area contributed by atoms with Crippen molar-refractivity contribution in [2.75, 3.05) is 5.32 Å². The number of anilines is 1. The molecular formula is C29H16F9N5O2. The molecule has 3 heterocycles. The van der Waals surface area contributed by atoms with Crippen LogP contribution in [0.4, 0.5) is 45.2 Å². The highest BCUT2D eigenvalue weighted by Gasteiger charge is 2.59. The SMILES string of the molecule is O=C(Nc1ccc(F)cc1OC(F)(F)C(F)C(F)(F)F)c1cn(-c2cc3ccccc3[nH]2)nc1-c1[nH]c2cccc(F)c2c1F. The van der Waals surface area contributed by atoms with Crippen molar-refractivity contribution >= 4 is 33.4 Å². The number of H-pyrrole nitrogens is 2. The summed E-state index contributed by atoms with van der Waals surface area (Å²) in [7, 11) is 0. The standard InChI is InChI=1S/C29H16F9N5O2/c30-14-8-9-18(20(11-14)45-29(37,38)27(33)28(34,35)36)41-26(44)15-12-43(21-10-13-4-1-2-6-17(13)39-21)42-24(15)25-23(32)22-16(31)5-3-7-19(22)40-25/h1-12,27,39-40H,(H,41,44). The predicted molar refractivity (Wildman–Crippen MR) is 144 cm³/mol. The van der Waals surface area contributed by atoms with Gasteiger partial charge in [0, 0.05) is 23.2 Å². The normalized spacial score (nSPS) is 13.0. The van der Waals surface area contributed by atoms with E-state index in [1.165, 1.54) is 12.1 Å². The molecule has 3 N–H and O–H groups in total. The van der Waals surface area contributed by atoms with Crippen molar-refractivity contribution < 1.29 is 49.0 Å². The van der Waals surface area contributed by atoms with Crippen molar-refractivity contribution in [1.82, 2.24) is 19.7 Å². The fraction of sp³-hybridized carbons (Fsp3) is 0.103. The Morgan fingerprint density at radius 1 is 0.911 bits per heavy atom. The van der Waals surface area contributed by atoms with Crippen molar-refractivity contribution in [3.05, 3.63) is 95.9 Å². The van der Waals surface area contributed by atoms with Crippen LogP contribution in [0.15, 0.2) is 72.9 Å². The second-order valence-electron chi connectivity index (χ2n) is 9.72. The summed E-state index contributed by atoms with van der Waals surface area (Å²) in [5.74, 6) is -5.58. The maximum atomic E-state index is 15.6. The Morgan fingerprint density at radius 2 is 1.64 bits per heavy atom. The van der Waals surface area contributed by atoms with Crippen LogP contribution in [-0.2, 0) is 0 Å². The average Bonchev–Trinajstić information content (AvgIpc) is 3.69. The van der Waals surface area contributed by atoms with Gasteiger partial charge in [-0.15, -0.1) is 0 Å². The molecule has 0 aliphatic heterocycles. The quantitative estimate of drug-likeness (QED) is 0.155. The lowest BCUT2D eigenvalue weighted by Crippen LogP contribution is -2.45. The highest BCUT2D eigenvalue weighted by atomic mass is 19.4. The molecule has 1 unspecified atom stereocenters. The molecule has 1 atom stereocenters. The lowest BCUT2D eigenvalue weighted by atomic mass is 10.1. The van der Waals surface area contributed by atoms with Gasteiger partial charge < -0.3 is 20.0 Å². The summed E-state index contributed by atoms with van der Waals surface area (Å²) in [4.78, 5) is 19.2. The Hall–Kier alpha value is -5.41. The molecule has 16 heteroatoms. The smallest absolute Gasteiger partial charge is 0.428 e. The summed E-state index contributed by atoms with van der Waals surface area (Å²) in [6, 6.07) is 13.9. The van der Waals surface area contributed by atoms with Crippen LogP contribution in [0, 0.1) is 17.5 Å². The lowest BCUT2D eigenvalue weighted by molar-refractivity contribution is -0.304. The van der Waals surface area contributed by atoms with Crippen molar-refractivity contribution in [1.29, 1.82) is 0 Å². The number of nitrogens with one attached hydrogen (secondary N) is 3. The third-order valence-electron chi connectivity index (χ3n) is 6.69. The van der Waals surface area contributed by atoms with Gasteiger partial charge in [0.05, 0.1) is 22.2 Å². The number of para-hydroxylation sites is 1. The van der Waals surface area contributed by atoms with Crippen molar-refractivity contribution in [3.8, 4) is 23.0 Å². The van der Waals surface area contributed by atoms with Gasteiger partial charge in [-0.05, 0) is 36.4 Å². The molecule has 45 heavy (non-hydrogen) atoms. The molecule has 0 aliphatic carbocycles. The largest absolute Gasteiger partial charge is 0.439 e. The number of nitrogens with zero attached hydrogens (tertiary/aromatic N) is 2. The lowest BCUT2D eigenvalue weighted by Gasteiger charge is -2.24. The maximum absolute atomic E-state index is 15.6. The number of hydrogen-bond acceptors (Lipinski definition) is 3. The van der Waals surface area contributed by atoms with Crippen LogP contribution >= 0.6 is 0 Å². The fourth-order valence-electron chi connectivity index (χ4n) is 4.62. The van der Waals surface area contributed by atoms with Gasteiger partial charge in [0.2, 0.25) is 0 Å². The van der Waals surface area contributed by atoms with E-state index < -0.39 is 75.6 Å². The molecule has 6 aromatic rings. The van der Waals surface area contributed by atoms with E-state index in [9.17, 15) is 39.9 Å². The number of carbonyl (C=O) groups is 1. The first-order valence-electron chi connectivity index (χ1n) is 12.8. The third kappa shape index (κ3) is 5.42. The van der Waals surface area contributed by atoms with Gasteiger partial charge in [0.1, 0.15) is 28.8 Å². The molecule has 0 aliphatic rings. The number of halogens is 9. The molecule has 0 radical (unpaired) electrons. The van der Waals surface area contributed by atoms with E-state index >= 15 is 4.39 Å². The van der Waals surface area contributed by atoms with E-state index in [0.717, 1.165) is 22.3 Å². The topological polar surface area (TPSA) is 87.7 Å². The third-order valence-corrected chi connectivity index (χ3v) is 6.69. The Balaban J connectivity index is 1.44. The van der Waals surface area contributed by atoms with E-state index in [1.54, 1.807) is 30.3 Å². The van der Waals surface area contributed by atoms with E-state index in [2.05, 4.69) is 25.1 Å². The van der Waals surface area contributed by atoms with E-state index in [-0.39, 0.29) is 17.4 Å². The first-order chi connectivity index (χ1) is 21.2. The first kappa shape index (κ1) is 29.7. The van der Waals surface area contributed by atoms with Crippen LogP contribution < -0.4 is 10.1 Å². The van der Waals surface area contributed by atoms with Gasteiger partial charge >= 0.3 is 12.3 Å². The number of aromatic amines is 2. The predicted octanol–water partition coefficient (Wildman–Crippen LogP) is 8.04. The number of rotatable bonds is 7. The van der Waals surface area contributed by atoms with Gasteiger partial charge in [0.15, 0.2) is 11.6 Å². The Labute approximate surface area is 245 Å². The Morgan fingerprint density at radius 3 is 2.36 bits per heavy atom. The van der Waals surface area contributed by atoms with E-state index in [0.29, 0.717) is 17.6 Å². The minimum atomic E-state index is -6.03. The molecule has 6 rings (SSSR count). The van der Waals surface area contributed by atoms with Crippen LogP contribution in [0.1, 0.15) is 10.4 Å². The zero-order valence-corrected chi connectivity index (χ0v) is 22.1. The van der Waals surface area contributed by atoms with Crippen LogP contribution in [0.5, 0.6) is 5.75 Å². The molecule has 7 nitrogen and oxygen atoms in total. The molecule has 1 amide bonds. The summed E-state index contributed by atoms with van der Waals surface area (Å²) in [5, 5.41) is 6.65. The van der Waals surface area contributed by atoms with Gasteiger partial charge in [-0.1, -0.05) is 24.3 Å². The molecule has 0 saturated heterocycles. The minimum Gasteiger partial charge on any atom is -0.428 e. The minimum absolute atomic E-state index is 0.0101. The molecule has 0 fully saturated rings. The summed E-state index contributed by atoms with van der Waals surface area (Å²) >= 11 is 0. The molecule has 3 aromatic heterocycles. The highest BCUT2D eigenvalue weighted by molar-refractivity contribution is 6.09. The second-order valence-corrected chi connectivity index (χ2v) is 9.72. The van der Waals surface area contributed by atoms with Crippen LogP contribution in [0.2, 0.25) is 0 Å². The number of amides is 1. The number of alkyl halides is 6. The molecule has 0 bridgehead atoms. The van der Waals surface area contributed by atoms with Crippen LogP contribution in [0.3, 0.4) is 0 Å². The second kappa shape index (κ2) is 10.6. The number of aromatic nitrogens is 4. The molecule has 232 valence electrons. The Kier molecular flexibility index (Phi) is 7.01. The van der Waals surface area contributed by atoms with Crippen molar-refractivity contribution in [2.24, 2.45) is 0 Å². The monoisotopic (exact) mass is 637 g/mol. The highest BCUT2D eigenvalue weighted by Crippen LogP contribution is 2.39. The van der Waals surface area contributed by atoms with Crippen molar-refractivity contribution in [2.45, 2.75) is 18.5 Å². The number of benzene rings is 3. The average molecular weight is 637 g/mol. The molecule has 0 saturated carbocycles. The number of hydrogen-bond donors (Lipinski definition) is 3. The number of ether oxygens (including phenoxy) is 1. The number of carbonyl (C=O) groups excluding carboxylic acids is 1. The van der Waals surface area contributed by atoms with E-state index in [4.69, 9.17) is 0 Å². The van der Waals surface area contributed by atoms with Crippen LogP contribution in [0.25, 0.3) is 39.0 Å². The fourth-order valence-corrected chi connectivity index (χ4v) is 4.62. The maximum Gasteiger partial charge on any atom is 0.439 e. The van der Waals surface area contributed by atoms with Gasteiger partial charge in [-0.25, -0.2) is 22.2 Å². The summed E-state index contributed by atoms with van der Waals surface area (Å²) in [6.07, 6.45) is -15.2. The molecule has 3 aromatic carbocycles. The number of fused-ring (bicyclic) bond motifs is 2. The summed E-state index contributed by atoms with van der Waals surface area (Å²) in [5.41, 5.74) is -1.40. The molecular weight excluding hydrogens is 621 g/mol. The Bertz CT molecular complexity index is 2050. The zero-order valence-electron chi connectivity index (χ0n) is 22.1. The van der Waals surface area contributed by atoms with Crippen LogP contribution in [-0.4, -0.2) is 44.1 Å². The summed E-state index contributed by atoms with van der Waals surface area (Å²) < 4.78 is 129.